The second-order valence-corrected chi connectivity index (χ2v) is 8.09. The Labute approximate surface area is 196 Å². The van der Waals surface area contributed by atoms with Gasteiger partial charge in [0, 0.05) is 11.4 Å². The van der Waals surface area contributed by atoms with Crippen LogP contribution in [0.4, 0.5) is 0 Å². The quantitative estimate of drug-likeness (QED) is 0.554. The molecule has 1 atom stereocenters. The molecule has 0 saturated heterocycles. The van der Waals surface area contributed by atoms with E-state index in [4.69, 9.17) is 24.3 Å². The van der Waals surface area contributed by atoms with Crippen molar-refractivity contribution in [1.82, 2.24) is 5.32 Å². The Morgan fingerprint density at radius 1 is 1.09 bits per heavy atom. The summed E-state index contributed by atoms with van der Waals surface area (Å²) in [5, 5.41) is 12.9. The zero-order valence-corrected chi connectivity index (χ0v) is 19.7. The first-order valence-corrected chi connectivity index (χ1v) is 11.3. The molecule has 1 aliphatic rings. The first-order chi connectivity index (χ1) is 15.9. The average molecular weight is 471 g/mol. The van der Waals surface area contributed by atoms with Crippen molar-refractivity contribution in [2.75, 3.05) is 20.8 Å². The molecule has 9 heteroatoms. The summed E-state index contributed by atoms with van der Waals surface area (Å²) in [6.07, 6.45) is 0. The van der Waals surface area contributed by atoms with E-state index in [-0.39, 0.29) is 12.2 Å². The molecule has 0 bridgehead atoms. The highest BCUT2D eigenvalue weighted by Gasteiger charge is 2.31. The van der Waals surface area contributed by atoms with Crippen LogP contribution in [-0.2, 0) is 15.3 Å². The van der Waals surface area contributed by atoms with E-state index >= 15 is 0 Å². The van der Waals surface area contributed by atoms with Crippen molar-refractivity contribution in [3.63, 3.8) is 0 Å². The molecule has 0 amide bonds. The number of thioether (sulfide) groups is 1. The van der Waals surface area contributed by atoms with Crippen LogP contribution in [0.15, 0.2) is 58.7 Å². The third-order valence-corrected chi connectivity index (χ3v) is 5.97. The van der Waals surface area contributed by atoms with Gasteiger partial charge in [-0.25, -0.2) is 14.6 Å². The van der Waals surface area contributed by atoms with Gasteiger partial charge < -0.3 is 24.6 Å². The lowest BCUT2D eigenvalue weighted by Crippen LogP contribution is -2.30. The molecule has 174 valence electrons. The van der Waals surface area contributed by atoms with Gasteiger partial charge in [-0.05, 0) is 49.2 Å². The summed E-state index contributed by atoms with van der Waals surface area (Å²) >= 11 is 1.46. The number of methoxy groups -OCH3 is 2. The summed E-state index contributed by atoms with van der Waals surface area (Å²) < 4.78 is 16.0. The topological polar surface area (TPSA) is 106 Å². The number of hydrogen-bond acceptors (Lipinski definition) is 8. The number of benzene rings is 2. The summed E-state index contributed by atoms with van der Waals surface area (Å²) in [7, 11) is 3.11. The third kappa shape index (κ3) is 5.67. The highest BCUT2D eigenvalue weighted by molar-refractivity contribution is 8.13. The molecular formula is C24H26N2O6S. The molecule has 0 aromatic heterocycles. The standard InChI is InChI=1S/C24H26N2O6S/c1-5-32-23(29)20-14(2)25-24(33-13-15-6-8-16(9-7-15)22(27)28)26-21(20)17-10-11-18(30-3)19(12-17)31-4/h6-12,21H,5,13H2,1-4H3,(H,25,26)(H,27,28)/t21-/m1/s1. The monoisotopic (exact) mass is 470 g/mol. The van der Waals surface area contributed by atoms with E-state index in [9.17, 15) is 9.59 Å². The van der Waals surface area contributed by atoms with E-state index in [0.717, 1.165) is 11.1 Å². The Hall–Kier alpha value is -3.46. The molecule has 0 spiro atoms. The molecule has 0 fully saturated rings. The zero-order chi connectivity index (χ0) is 24.0. The maximum absolute atomic E-state index is 12.7. The Balaban J connectivity index is 1.90. The number of aromatic carboxylic acids is 1. The minimum Gasteiger partial charge on any atom is -0.493 e. The number of nitrogens with zero attached hydrogens (tertiary/aromatic N) is 1. The van der Waals surface area contributed by atoms with E-state index in [1.165, 1.54) is 11.8 Å². The first kappa shape index (κ1) is 24.2. The van der Waals surface area contributed by atoms with Gasteiger partial charge in [-0.3, -0.25) is 0 Å². The van der Waals surface area contributed by atoms with Crippen LogP contribution < -0.4 is 14.8 Å². The summed E-state index contributed by atoms with van der Waals surface area (Å²) in [4.78, 5) is 28.6. The van der Waals surface area contributed by atoms with Gasteiger partial charge in [0.05, 0.1) is 32.0 Å². The van der Waals surface area contributed by atoms with Crippen molar-refractivity contribution in [2.45, 2.75) is 25.6 Å². The van der Waals surface area contributed by atoms with Crippen LogP contribution in [0.2, 0.25) is 0 Å². The Kier molecular flexibility index (Phi) is 8.00. The first-order valence-electron chi connectivity index (χ1n) is 10.3. The molecule has 2 aromatic carbocycles. The number of ether oxygens (including phenoxy) is 3. The Bertz CT molecular complexity index is 1090. The van der Waals surface area contributed by atoms with Gasteiger partial charge in [0.25, 0.3) is 0 Å². The molecule has 33 heavy (non-hydrogen) atoms. The Morgan fingerprint density at radius 2 is 1.79 bits per heavy atom. The number of carbonyl (C=O) groups is 2. The number of carboxylic acid groups (broad SMARTS) is 1. The molecule has 0 unspecified atom stereocenters. The lowest BCUT2D eigenvalue weighted by atomic mass is 9.96. The van der Waals surface area contributed by atoms with Crippen LogP contribution >= 0.6 is 11.8 Å². The lowest BCUT2D eigenvalue weighted by Gasteiger charge is -2.26. The van der Waals surface area contributed by atoms with Crippen molar-refractivity contribution in [2.24, 2.45) is 4.99 Å². The van der Waals surface area contributed by atoms with E-state index < -0.39 is 18.0 Å². The second kappa shape index (κ2) is 10.9. The third-order valence-electron chi connectivity index (χ3n) is 5.01. The van der Waals surface area contributed by atoms with Gasteiger partial charge in [0.1, 0.15) is 6.04 Å². The molecule has 2 aromatic rings. The van der Waals surface area contributed by atoms with Gasteiger partial charge in [0.2, 0.25) is 0 Å². The van der Waals surface area contributed by atoms with Crippen LogP contribution in [0.1, 0.15) is 41.4 Å². The van der Waals surface area contributed by atoms with Crippen LogP contribution in [0, 0.1) is 0 Å². The normalized spacial score (nSPS) is 15.4. The van der Waals surface area contributed by atoms with E-state index in [1.807, 2.05) is 13.0 Å². The summed E-state index contributed by atoms with van der Waals surface area (Å²) in [6, 6.07) is 11.5. The number of carbonyl (C=O) groups excluding carboxylic acids is 1. The van der Waals surface area contributed by atoms with Gasteiger partial charge in [-0.2, -0.15) is 0 Å². The minimum atomic E-state index is -0.961. The van der Waals surface area contributed by atoms with Crippen molar-refractivity contribution in [3.05, 3.63) is 70.4 Å². The summed E-state index contributed by atoms with van der Waals surface area (Å²) in [5.74, 6) is 0.304. The van der Waals surface area contributed by atoms with Crippen LogP contribution in [0.3, 0.4) is 0 Å². The molecule has 8 nitrogen and oxygen atoms in total. The smallest absolute Gasteiger partial charge is 0.338 e. The van der Waals surface area contributed by atoms with Gasteiger partial charge in [-0.15, -0.1) is 0 Å². The number of rotatable bonds is 8. The van der Waals surface area contributed by atoms with Gasteiger partial charge in [0.15, 0.2) is 16.7 Å². The zero-order valence-electron chi connectivity index (χ0n) is 18.9. The molecule has 1 aliphatic heterocycles. The van der Waals surface area contributed by atoms with Crippen LogP contribution in [0.25, 0.3) is 0 Å². The van der Waals surface area contributed by atoms with Crippen molar-refractivity contribution in [1.29, 1.82) is 0 Å². The van der Waals surface area contributed by atoms with Crippen LogP contribution in [-0.4, -0.2) is 43.0 Å². The van der Waals surface area contributed by atoms with E-state index in [0.29, 0.717) is 33.7 Å². The van der Waals surface area contributed by atoms with E-state index in [1.54, 1.807) is 57.5 Å². The molecule has 0 radical (unpaired) electrons. The number of amidine groups is 1. The predicted octanol–water partition coefficient (Wildman–Crippen LogP) is 4.17. The lowest BCUT2D eigenvalue weighted by molar-refractivity contribution is -0.138. The van der Waals surface area contributed by atoms with Crippen molar-refractivity contribution in [3.8, 4) is 11.5 Å². The fraction of sp³-hybridized carbons (Fsp3) is 0.292. The highest BCUT2D eigenvalue weighted by Crippen LogP contribution is 2.37. The number of nitrogens with one attached hydrogen (secondary N) is 1. The highest BCUT2D eigenvalue weighted by atomic mass is 32.2. The average Bonchev–Trinajstić information content (AvgIpc) is 2.82. The molecule has 1 heterocycles. The Morgan fingerprint density at radius 3 is 2.39 bits per heavy atom. The molecule has 0 aliphatic carbocycles. The largest absolute Gasteiger partial charge is 0.493 e. The summed E-state index contributed by atoms with van der Waals surface area (Å²) in [6.45, 7) is 3.83. The number of carboxylic acids is 1. The van der Waals surface area contributed by atoms with Crippen molar-refractivity contribution < 1.29 is 28.9 Å². The summed E-state index contributed by atoms with van der Waals surface area (Å²) in [5.41, 5.74) is 3.05. The van der Waals surface area contributed by atoms with Crippen molar-refractivity contribution >= 4 is 28.9 Å². The van der Waals surface area contributed by atoms with Gasteiger partial charge in [-0.1, -0.05) is 30.0 Å². The second-order valence-electron chi connectivity index (χ2n) is 7.13. The number of allylic oxidation sites excluding steroid dienone is 1. The maximum atomic E-state index is 12.7. The fourth-order valence-electron chi connectivity index (χ4n) is 3.35. The van der Waals surface area contributed by atoms with Gasteiger partial charge >= 0.3 is 11.9 Å². The van der Waals surface area contributed by atoms with Crippen LogP contribution in [0.5, 0.6) is 11.5 Å². The molecular weight excluding hydrogens is 444 g/mol. The number of hydrogen-bond donors (Lipinski definition) is 2. The molecule has 3 rings (SSSR count). The minimum absolute atomic E-state index is 0.239. The number of esters is 1. The SMILES string of the molecule is CCOC(=O)C1=C(C)NC(SCc2ccc(C(=O)O)cc2)=N[C@@H]1c1ccc(OC)c(OC)c1. The number of aliphatic imine (C=N–C) groups is 1. The molecule has 0 saturated carbocycles. The van der Waals surface area contributed by atoms with E-state index in [2.05, 4.69) is 5.32 Å². The predicted molar refractivity (Wildman–Crippen MR) is 127 cm³/mol. The fourth-order valence-corrected chi connectivity index (χ4v) is 4.25. The molecule has 2 N–H and O–H groups in total. The maximum Gasteiger partial charge on any atom is 0.338 e.